The molecule has 1 aliphatic rings. The van der Waals surface area contributed by atoms with E-state index in [4.69, 9.17) is 10.3 Å². The third kappa shape index (κ3) is 4.42. The smallest absolute Gasteiger partial charge is 0.410 e. The van der Waals surface area contributed by atoms with Crippen molar-refractivity contribution < 1.29 is 9.53 Å². The second-order valence-electron chi connectivity index (χ2n) is 7.07. The first kappa shape index (κ1) is 18.6. The summed E-state index contributed by atoms with van der Waals surface area (Å²) in [5, 5.41) is 3.55. The molecule has 2 rings (SSSR count). The van der Waals surface area contributed by atoms with Crippen LogP contribution in [0.15, 0.2) is 20.9 Å². The third-order valence-corrected chi connectivity index (χ3v) is 3.92. The summed E-state index contributed by atoms with van der Waals surface area (Å²) in [5.74, 6) is 0. The number of likely N-dealkylation sites (tertiary alicyclic amines) is 1. The van der Waals surface area contributed by atoms with E-state index >= 15 is 0 Å². The number of ether oxygens (including phenoxy) is 1. The van der Waals surface area contributed by atoms with Crippen LogP contribution in [0.3, 0.4) is 0 Å². The van der Waals surface area contributed by atoms with Gasteiger partial charge in [-0.25, -0.2) is 9.59 Å². The molecule has 1 fully saturated rings. The van der Waals surface area contributed by atoms with Crippen molar-refractivity contribution in [2.24, 2.45) is 5.11 Å². The van der Waals surface area contributed by atoms with Crippen LogP contribution in [0.5, 0.6) is 0 Å². The van der Waals surface area contributed by atoms with Crippen LogP contribution in [-0.4, -0.2) is 45.3 Å². The summed E-state index contributed by atoms with van der Waals surface area (Å²) in [6, 6.07) is -0.718. The Labute approximate surface area is 144 Å². The predicted molar refractivity (Wildman–Crippen MR) is 90.5 cm³/mol. The lowest BCUT2D eigenvalue weighted by molar-refractivity contribution is 0.0227. The number of H-pyrrole nitrogens is 1. The van der Waals surface area contributed by atoms with Crippen molar-refractivity contribution >= 4 is 6.09 Å². The molecule has 0 saturated carbocycles. The normalized spacial score (nSPS) is 20.2. The Kier molecular flexibility index (Phi) is 5.22. The summed E-state index contributed by atoms with van der Waals surface area (Å²) in [6.45, 7) is 7.20. The second kappa shape index (κ2) is 7.02. The minimum atomic E-state index is -0.663. The molecule has 10 nitrogen and oxygen atoms in total. The number of nitrogens with one attached hydrogen (secondary N) is 1. The number of rotatable bonds is 3. The SMILES string of the molecule is Cc1cn([C@@H]2C[C@H](CN=[N+]=[N-])N(C(=O)OC(C)(C)C)C2)c(=O)[nH]c1=O. The summed E-state index contributed by atoms with van der Waals surface area (Å²) in [5.41, 5.74) is 7.33. The van der Waals surface area contributed by atoms with Crippen molar-refractivity contribution in [3.05, 3.63) is 43.0 Å². The van der Waals surface area contributed by atoms with E-state index in [2.05, 4.69) is 15.0 Å². The molecule has 25 heavy (non-hydrogen) atoms. The molecule has 0 aliphatic carbocycles. The molecule has 1 aliphatic heterocycles. The Balaban J connectivity index is 2.30. The standard InChI is InChI=1S/C15H22N6O4/c1-9-7-20(13(23)18-12(9)22)11-5-10(6-17-19-16)21(8-11)14(24)25-15(2,3)4/h7,10-11H,5-6,8H2,1-4H3,(H,18,22,23)/t10-,11-/m1/s1. The van der Waals surface area contributed by atoms with E-state index in [1.165, 1.54) is 15.7 Å². The van der Waals surface area contributed by atoms with Gasteiger partial charge in [-0.2, -0.15) is 0 Å². The average Bonchev–Trinajstić information content (AvgIpc) is 2.91. The molecule has 1 N–H and O–H groups in total. The monoisotopic (exact) mass is 350 g/mol. The number of carbonyl (C=O) groups excluding carboxylic acids is 1. The fourth-order valence-electron chi connectivity index (χ4n) is 2.80. The first-order chi connectivity index (χ1) is 11.6. The molecular weight excluding hydrogens is 328 g/mol. The lowest BCUT2D eigenvalue weighted by atomic mass is 10.1. The van der Waals surface area contributed by atoms with Gasteiger partial charge in [-0.05, 0) is 39.6 Å². The molecule has 1 aromatic heterocycles. The molecule has 10 heteroatoms. The maximum Gasteiger partial charge on any atom is 0.410 e. The maximum atomic E-state index is 12.4. The van der Waals surface area contributed by atoms with Gasteiger partial charge >= 0.3 is 11.8 Å². The number of azide groups is 1. The second-order valence-corrected chi connectivity index (χ2v) is 7.07. The van der Waals surface area contributed by atoms with E-state index < -0.39 is 22.9 Å². The van der Waals surface area contributed by atoms with Crippen LogP contribution in [0, 0.1) is 6.92 Å². The van der Waals surface area contributed by atoms with Crippen molar-refractivity contribution in [1.82, 2.24) is 14.5 Å². The summed E-state index contributed by atoms with van der Waals surface area (Å²) >= 11 is 0. The quantitative estimate of drug-likeness (QED) is 0.504. The summed E-state index contributed by atoms with van der Waals surface area (Å²) < 4.78 is 6.80. The van der Waals surface area contributed by atoms with Gasteiger partial charge in [0.15, 0.2) is 0 Å². The number of hydrogen-bond acceptors (Lipinski definition) is 5. The zero-order valence-electron chi connectivity index (χ0n) is 14.7. The van der Waals surface area contributed by atoms with Crippen LogP contribution in [0.2, 0.25) is 0 Å². The van der Waals surface area contributed by atoms with Crippen molar-refractivity contribution in [3.63, 3.8) is 0 Å². The van der Waals surface area contributed by atoms with Crippen molar-refractivity contribution in [3.8, 4) is 0 Å². The molecule has 0 unspecified atom stereocenters. The number of carbonyl (C=O) groups is 1. The van der Waals surface area contributed by atoms with E-state index in [9.17, 15) is 14.4 Å². The first-order valence-corrected chi connectivity index (χ1v) is 7.95. The van der Waals surface area contributed by atoms with Gasteiger partial charge in [0, 0.05) is 35.8 Å². The minimum absolute atomic E-state index is 0.0866. The van der Waals surface area contributed by atoms with E-state index in [0.717, 1.165) is 0 Å². The number of aryl methyl sites for hydroxylation is 1. The molecule has 1 aromatic rings. The Bertz CT molecular complexity index is 815. The van der Waals surface area contributed by atoms with Gasteiger partial charge in [0.1, 0.15) is 5.60 Å². The number of aromatic nitrogens is 2. The van der Waals surface area contributed by atoms with Crippen LogP contribution in [0.1, 0.15) is 38.8 Å². The third-order valence-electron chi connectivity index (χ3n) is 3.92. The molecule has 0 spiro atoms. The van der Waals surface area contributed by atoms with E-state index in [1.54, 1.807) is 27.7 Å². The zero-order chi connectivity index (χ0) is 18.8. The van der Waals surface area contributed by atoms with Gasteiger partial charge in [-0.1, -0.05) is 5.11 Å². The lowest BCUT2D eigenvalue weighted by Crippen LogP contribution is -2.41. The molecule has 0 aromatic carbocycles. The van der Waals surface area contributed by atoms with Gasteiger partial charge in [-0.15, -0.1) is 0 Å². The molecule has 0 radical (unpaired) electrons. The lowest BCUT2D eigenvalue weighted by Gasteiger charge is -2.27. The molecule has 2 atom stereocenters. The molecule has 1 amide bonds. The Hall–Kier alpha value is -2.74. The van der Waals surface area contributed by atoms with Crippen molar-refractivity contribution in [2.75, 3.05) is 13.1 Å². The molecule has 0 bridgehead atoms. The van der Waals surface area contributed by atoms with Gasteiger partial charge in [0.25, 0.3) is 5.56 Å². The summed E-state index contributed by atoms with van der Waals surface area (Å²) in [4.78, 5) is 42.5. The average molecular weight is 350 g/mol. The molecular formula is C15H22N6O4. The first-order valence-electron chi connectivity index (χ1n) is 7.95. The van der Waals surface area contributed by atoms with Crippen LogP contribution in [0.25, 0.3) is 10.4 Å². The van der Waals surface area contributed by atoms with E-state index in [0.29, 0.717) is 12.0 Å². The highest BCUT2D eigenvalue weighted by atomic mass is 16.6. The Morgan fingerprint density at radius 3 is 2.76 bits per heavy atom. The topological polar surface area (TPSA) is 133 Å². The van der Waals surface area contributed by atoms with E-state index in [1.807, 2.05) is 0 Å². The van der Waals surface area contributed by atoms with Crippen molar-refractivity contribution in [1.29, 1.82) is 0 Å². The van der Waals surface area contributed by atoms with Gasteiger partial charge in [0.2, 0.25) is 0 Å². The Morgan fingerprint density at radius 1 is 1.48 bits per heavy atom. The summed E-state index contributed by atoms with van der Waals surface area (Å²) in [6.07, 6.45) is 1.38. The van der Waals surface area contributed by atoms with Gasteiger partial charge in [-0.3, -0.25) is 14.3 Å². The van der Waals surface area contributed by atoms with E-state index in [-0.39, 0.29) is 25.2 Å². The number of nitrogens with zero attached hydrogens (tertiary/aromatic N) is 5. The van der Waals surface area contributed by atoms with Crippen LogP contribution >= 0.6 is 0 Å². The van der Waals surface area contributed by atoms with Crippen LogP contribution in [0.4, 0.5) is 4.79 Å². The number of aromatic amines is 1. The fourth-order valence-corrected chi connectivity index (χ4v) is 2.80. The van der Waals surface area contributed by atoms with Crippen LogP contribution < -0.4 is 11.2 Å². The maximum absolute atomic E-state index is 12.4. The minimum Gasteiger partial charge on any atom is -0.444 e. The molecule has 2 heterocycles. The van der Waals surface area contributed by atoms with Crippen LogP contribution in [-0.2, 0) is 4.74 Å². The predicted octanol–water partition coefficient (Wildman–Crippen LogP) is 1.71. The summed E-state index contributed by atoms with van der Waals surface area (Å²) in [7, 11) is 0. The zero-order valence-corrected chi connectivity index (χ0v) is 14.7. The highest BCUT2D eigenvalue weighted by Crippen LogP contribution is 2.28. The number of amides is 1. The van der Waals surface area contributed by atoms with Gasteiger partial charge < -0.3 is 9.64 Å². The molecule has 136 valence electrons. The molecule has 1 saturated heterocycles. The largest absolute Gasteiger partial charge is 0.444 e. The number of hydrogen-bond donors (Lipinski definition) is 1. The van der Waals surface area contributed by atoms with Gasteiger partial charge in [0.05, 0.1) is 6.04 Å². The van der Waals surface area contributed by atoms with Crippen molar-refractivity contribution in [2.45, 2.75) is 51.8 Å². The fraction of sp³-hybridized carbons (Fsp3) is 0.667. The highest BCUT2D eigenvalue weighted by molar-refractivity contribution is 5.69. The highest BCUT2D eigenvalue weighted by Gasteiger charge is 2.38. The Morgan fingerprint density at radius 2 is 2.16 bits per heavy atom.